The number of carbonyl (C=O) groups excluding carboxylic acids is 2. The molecule has 24 heavy (non-hydrogen) atoms. The molecule has 0 N–H and O–H groups in total. The third-order valence-electron chi connectivity index (χ3n) is 3.55. The van der Waals surface area contributed by atoms with Crippen molar-refractivity contribution in [1.29, 1.82) is 0 Å². The van der Waals surface area contributed by atoms with E-state index in [1.54, 1.807) is 7.11 Å². The van der Waals surface area contributed by atoms with E-state index in [1.165, 1.54) is 16.7 Å². The van der Waals surface area contributed by atoms with Gasteiger partial charge in [-0.2, -0.15) is 0 Å². The van der Waals surface area contributed by atoms with Crippen molar-refractivity contribution in [3.05, 3.63) is 34.7 Å². The fourth-order valence-electron chi connectivity index (χ4n) is 2.41. The maximum absolute atomic E-state index is 12.7. The van der Waals surface area contributed by atoms with Crippen LogP contribution in [0.15, 0.2) is 29.2 Å². The molecule has 0 unspecified atom stereocenters. The summed E-state index contributed by atoms with van der Waals surface area (Å²) in [6.07, 6.45) is 0.936. The first-order valence-electron chi connectivity index (χ1n) is 8.09. The van der Waals surface area contributed by atoms with E-state index in [0.29, 0.717) is 23.7 Å². The van der Waals surface area contributed by atoms with E-state index >= 15 is 0 Å². The Balaban J connectivity index is 2.29. The van der Waals surface area contributed by atoms with Crippen LogP contribution in [-0.4, -0.2) is 49.3 Å². The zero-order valence-corrected chi connectivity index (χ0v) is 15.1. The molecule has 0 spiro atoms. The van der Waals surface area contributed by atoms with Gasteiger partial charge in [0.15, 0.2) is 0 Å². The number of amides is 2. The molecule has 0 bridgehead atoms. The number of hydrogen-bond acceptors (Lipinski definition) is 5. The van der Waals surface area contributed by atoms with Gasteiger partial charge in [-0.1, -0.05) is 26.0 Å². The Morgan fingerprint density at radius 1 is 1.04 bits per heavy atom. The van der Waals surface area contributed by atoms with Crippen LogP contribution in [-0.2, 0) is 14.3 Å². The van der Waals surface area contributed by atoms with E-state index in [4.69, 9.17) is 9.47 Å². The maximum Gasteiger partial charge on any atom is 0.268 e. The lowest BCUT2D eigenvalue weighted by atomic mass is 10.1. The minimum absolute atomic E-state index is 0.231. The van der Waals surface area contributed by atoms with Crippen LogP contribution in [0.1, 0.15) is 25.8 Å². The van der Waals surface area contributed by atoms with E-state index in [0.717, 1.165) is 23.5 Å². The zero-order chi connectivity index (χ0) is 17.5. The Morgan fingerprint density at radius 2 is 1.75 bits per heavy atom. The minimum atomic E-state index is -0.254. The molecule has 0 radical (unpaired) electrons. The Labute approximate surface area is 147 Å². The SMILES string of the molecule is CCCOc1ccc(C2=C(SCC)C(=O)N(CCOC)C2=O)cc1. The van der Waals surface area contributed by atoms with Gasteiger partial charge in [-0.15, -0.1) is 11.8 Å². The van der Waals surface area contributed by atoms with Crippen LogP contribution in [0, 0.1) is 0 Å². The van der Waals surface area contributed by atoms with Gasteiger partial charge in [-0.3, -0.25) is 14.5 Å². The second-order valence-electron chi connectivity index (χ2n) is 5.26. The molecule has 0 atom stereocenters. The largest absolute Gasteiger partial charge is 0.494 e. The summed E-state index contributed by atoms with van der Waals surface area (Å²) in [5, 5.41) is 0. The lowest BCUT2D eigenvalue weighted by Crippen LogP contribution is -2.34. The van der Waals surface area contributed by atoms with Crippen molar-refractivity contribution in [1.82, 2.24) is 4.90 Å². The predicted octanol–water partition coefficient (Wildman–Crippen LogP) is 2.95. The monoisotopic (exact) mass is 349 g/mol. The highest BCUT2D eigenvalue weighted by atomic mass is 32.2. The van der Waals surface area contributed by atoms with Gasteiger partial charge in [0.2, 0.25) is 0 Å². The van der Waals surface area contributed by atoms with Crippen molar-refractivity contribution in [3.8, 4) is 5.75 Å². The number of ether oxygens (including phenoxy) is 2. The van der Waals surface area contributed by atoms with Crippen LogP contribution in [0.2, 0.25) is 0 Å². The summed E-state index contributed by atoms with van der Waals surface area (Å²) in [5.74, 6) is 1.01. The lowest BCUT2D eigenvalue weighted by molar-refractivity contribution is -0.137. The number of thioether (sulfide) groups is 1. The predicted molar refractivity (Wildman–Crippen MR) is 95.9 cm³/mol. The summed E-state index contributed by atoms with van der Waals surface area (Å²) in [6.45, 7) is 5.26. The fourth-order valence-corrected chi connectivity index (χ4v) is 3.28. The molecule has 0 aliphatic carbocycles. The van der Waals surface area contributed by atoms with Gasteiger partial charge in [0.1, 0.15) is 5.75 Å². The molecule has 0 saturated heterocycles. The van der Waals surface area contributed by atoms with Crippen molar-refractivity contribution in [2.24, 2.45) is 0 Å². The van der Waals surface area contributed by atoms with Crippen LogP contribution in [0.4, 0.5) is 0 Å². The average Bonchev–Trinajstić information content (AvgIpc) is 2.82. The Hall–Kier alpha value is -1.79. The number of rotatable bonds is 9. The molecule has 6 heteroatoms. The minimum Gasteiger partial charge on any atom is -0.494 e. The molecule has 5 nitrogen and oxygen atoms in total. The highest BCUT2D eigenvalue weighted by Gasteiger charge is 2.38. The summed E-state index contributed by atoms with van der Waals surface area (Å²) >= 11 is 1.40. The molecule has 130 valence electrons. The molecule has 1 aromatic carbocycles. The lowest BCUT2D eigenvalue weighted by Gasteiger charge is -2.14. The van der Waals surface area contributed by atoms with Crippen LogP contribution in [0.5, 0.6) is 5.75 Å². The van der Waals surface area contributed by atoms with Gasteiger partial charge >= 0.3 is 0 Å². The molecule has 1 aromatic rings. The number of imide groups is 1. The number of hydrogen-bond donors (Lipinski definition) is 0. The molecule has 1 heterocycles. The van der Waals surface area contributed by atoms with Crippen LogP contribution in [0.25, 0.3) is 5.57 Å². The first-order chi connectivity index (χ1) is 11.6. The zero-order valence-electron chi connectivity index (χ0n) is 14.3. The molecule has 0 aromatic heterocycles. The van der Waals surface area contributed by atoms with E-state index in [9.17, 15) is 9.59 Å². The third-order valence-corrected chi connectivity index (χ3v) is 4.51. The van der Waals surface area contributed by atoms with Crippen molar-refractivity contribution in [2.45, 2.75) is 20.3 Å². The van der Waals surface area contributed by atoms with E-state index in [1.807, 2.05) is 38.1 Å². The number of nitrogens with zero attached hydrogens (tertiary/aromatic N) is 1. The van der Waals surface area contributed by atoms with Gasteiger partial charge in [0.25, 0.3) is 11.8 Å². The van der Waals surface area contributed by atoms with Crippen molar-refractivity contribution in [3.63, 3.8) is 0 Å². The van der Waals surface area contributed by atoms with Crippen LogP contribution >= 0.6 is 11.8 Å². The van der Waals surface area contributed by atoms with Gasteiger partial charge in [-0.05, 0) is 29.9 Å². The van der Waals surface area contributed by atoms with Crippen molar-refractivity contribution >= 4 is 29.1 Å². The second-order valence-corrected chi connectivity index (χ2v) is 6.54. The van der Waals surface area contributed by atoms with Gasteiger partial charge in [0, 0.05) is 7.11 Å². The molecule has 2 rings (SSSR count). The smallest absolute Gasteiger partial charge is 0.268 e. The summed E-state index contributed by atoms with van der Waals surface area (Å²) in [6, 6.07) is 7.34. The first kappa shape index (κ1) is 18.5. The van der Waals surface area contributed by atoms with Gasteiger partial charge < -0.3 is 9.47 Å². The Morgan fingerprint density at radius 3 is 2.33 bits per heavy atom. The molecule has 1 aliphatic heterocycles. The highest BCUT2D eigenvalue weighted by Crippen LogP contribution is 2.36. The summed E-state index contributed by atoms with van der Waals surface area (Å²) in [7, 11) is 1.55. The Bertz CT molecular complexity index is 624. The fraction of sp³-hybridized carbons (Fsp3) is 0.444. The molecular formula is C18H23NO4S. The van der Waals surface area contributed by atoms with Gasteiger partial charge in [0.05, 0.1) is 30.2 Å². The summed E-state index contributed by atoms with van der Waals surface area (Å²) in [4.78, 5) is 27.0. The quantitative estimate of drug-likeness (QED) is 0.642. The van der Waals surface area contributed by atoms with E-state index < -0.39 is 0 Å². The topological polar surface area (TPSA) is 55.8 Å². The third kappa shape index (κ3) is 3.99. The second kappa shape index (κ2) is 8.89. The molecular weight excluding hydrogens is 326 g/mol. The van der Waals surface area contributed by atoms with Crippen LogP contribution < -0.4 is 4.74 Å². The molecule has 0 saturated carbocycles. The van der Waals surface area contributed by atoms with E-state index in [2.05, 4.69) is 0 Å². The summed E-state index contributed by atoms with van der Waals surface area (Å²) in [5.41, 5.74) is 1.22. The number of benzene rings is 1. The average molecular weight is 349 g/mol. The van der Waals surface area contributed by atoms with Crippen molar-refractivity contribution in [2.75, 3.05) is 32.6 Å². The Kier molecular flexibility index (Phi) is 6.87. The molecule has 2 amide bonds. The van der Waals surface area contributed by atoms with Crippen LogP contribution in [0.3, 0.4) is 0 Å². The highest BCUT2D eigenvalue weighted by molar-refractivity contribution is 8.04. The first-order valence-corrected chi connectivity index (χ1v) is 9.08. The molecule has 1 aliphatic rings. The standard InChI is InChI=1S/C18H23NO4S/c1-4-11-23-14-8-6-13(7-9-14)15-16(24-5-2)18(21)19(17(15)20)10-12-22-3/h6-9H,4-5,10-12H2,1-3H3. The number of methoxy groups -OCH3 is 1. The summed E-state index contributed by atoms with van der Waals surface area (Å²) < 4.78 is 10.6. The van der Waals surface area contributed by atoms with Crippen molar-refractivity contribution < 1.29 is 19.1 Å². The maximum atomic E-state index is 12.7. The van der Waals surface area contributed by atoms with Gasteiger partial charge in [-0.25, -0.2) is 0 Å². The van der Waals surface area contributed by atoms with E-state index in [-0.39, 0.29) is 18.4 Å². The number of carbonyl (C=O) groups is 2. The normalized spacial score (nSPS) is 14.7. The molecule has 0 fully saturated rings.